The van der Waals surface area contributed by atoms with Crippen LogP contribution in [0.25, 0.3) is 0 Å². The summed E-state index contributed by atoms with van der Waals surface area (Å²) in [7, 11) is 0. The molecule has 0 radical (unpaired) electrons. The van der Waals surface area contributed by atoms with E-state index in [0.717, 1.165) is 12.2 Å². The highest BCUT2D eigenvalue weighted by Crippen LogP contribution is 2.23. The van der Waals surface area contributed by atoms with Crippen molar-refractivity contribution in [3.63, 3.8) is 0 Å². The van der Waals surface area contributed by atoms with Crippen molar-refractivity contribution in [2.24, 2.45) is 0 Å². The van der Waals surface area contributed by atoms with Crippen molar-refractivity contribution >= 4 is 28.9 Å². The monoisotopic (exact) mass is 372 g/mol. The van der Waals surface area contributed by atoms with Gasteiger partial charge in [-0.3, -0.25) is 10.1 Å². The van der Waals surface area contributed by atoms with E-state index in [2.05, 4.69) is 17.6 Å². The second-order valence-corrected chi connectivity index (χ2v) is 6.11. The van der Waals surface area contributed by atoms with Crippen molar-refractivity contribution < 1.29 is 14.3 Å². The predicted octanol–water partition coefficient (Wildman–Crippen LogP) is 4.39. The van der Waals surface area contributed by atoms with Gasteiger partial charge in [0.05, 0.1) is 18.4 Å². The Bertz CT molecular complexity index is 747. The van der Waals surface area contributed by atoms with E-state index in [9.17, 15) is 4.79 Å². The molecule has 26 heavy (non-hydrogen) atoms. The van der Waals surface area contributed by atoms with E-state index in [-0.39, 0.29) is 17.1 Å². The maximum Gasteiger partial charge on any atom is 0.257 e. The molecule has 1 unspecified atom stereocenters. The number of thiocarbonyl (C=S) groups is 1. The normalized spacial score (nSPS) is 11.3. The lowest BCUT2D eigenvalue weighted by atomic mass is 10.2. The number of hydrogen-bond donors (Lipinski definition) is 2. The molecule has 0 aliphatic heterocycles. The Hall–Kier alpha value is -2.60. The molecule has 2 rings (SSSR count). The largest absolute Gasteiger partial charge is 0.492 e. The van der Waals surface area contributed by atoms with Crippen LogP contribution in [0.2, 0.25) is 0 Å². The van der Waals surface area contributed by atoms with Gasteiger partial charge in [-0.2, -0.15) is 0 Å². The first-order chi connectivity index (χ1) is 12.5. The minimum absolute atomic E-state index is 0.136. The summed E-state index contributed by atoms with van der Waals surface area (Å²) in [6, 6.07) is 14.4. The fourth-order valence-electron chi connectivity index (χ4n) is 2.18. The fourth-order valence-corrected chi connectivity index (χ4v) is 2.38. The van der Waals surface area contributed by atoms with Crippen molar-refractivity contribution in [1.29, 1.82) is 0 Å². The van der Waals surface area contributed by atoms with Crippen LogP contribution in [0.5, 0.6) is 11.5 Å². The average Bonchev–Trinajstić information content (AvgIpc) is 2.64. The van der Waals surface area contributed by atoms with E-state index in [1.807, 2.05) is 38.1 Å². The third kappa shape index (κ3) is 5.74. The molecule has 0 fully saturated rings. The van der Waals surface area contributed by atoms with Crippen LogP contribution in [0.1, 0.15) is 37.6 Å². The second kappa shape index (κ2) is 9.77. The molecule has 2 aromatic rings. The highest BCUT2D eigenvalue weighted by molar-refractivity contribution is 7.80. The topological polar surface area (TPSA) is 59.6 Å². The maximum atomic E-state index is 12.3. The van der Waals surface area contributed by atoms with Gasteiger partial charge in [0.15, 0.2) is 5.11 Å². The van der Waals surface area contributed by atoms with Crippen LogP contribution in [0.15, 0.2) is 48.5 Å². The first kappa shape index (κ1) is 19.7. The molecule has 1 atom stereocenters. The van der Waals surface area contributed by atoms with E-state index in [1.165, 1.54) is 0 Å². The van der Waals surface area contributed by atoms with Crippen LogP contribution < -0.4 is 20.1 Å². The Morgan fingerprint density at radius 1 is 1.12 bits per heavy atom. The number of anilines is 1. The number of rotatable bonds is 7. The number of nitrogens with one attached hydrogen (secondary N) is 2. The van der Waals surface area contributed by atoms with Crippen molar-refractivity contribution in [2.45, 2.75) is 33.3 Å². The van der Waals surface area contributed by atoms with Gasteiger partial charge in [-0.1, -0.05) is 19.1 Å². The number of para-hydroxylation sites is 2. The van der Waals surface area contributed by atoms with Crippen LogP contribution in [-0.4, -0.2) is 23.7 Å². The SMILES string of the molecule is CCOc1ccccc1NC(=S)NC(=O)c1ccc(OC(C)CC)cc1. The molecule has 0 heterocycles. The predicted molar refractivity (Wildman–Crippen MR) is 108 cm³/mol. The molecule has 0 aliphatic carbocycles. The van der Waals surface area contributed by atoms with Crippen molar-refractivity contribution in [2.75, 3.05) is 11.9 Å². The molecule has 5 nitrogen and oxygen atoms in total. The van der Waals surface area contributed by atoms with Crippen molar-refractivity contribution in [3.8, 4) is 11.5 Å². The van der Waals surface area contributed by atoms with Gasteiger partial charge in [0, 0.05) is 5.56 Å². The van der Waals surface area contributed by atoms with Crippen LogP contribution in [-0.2, 0) is 0 Å². The second-order valence-electron chi connectivity index (χ2n) is 5.70. The first-order valence-electron chi connectivity index (χ1n) is 8.64. The zero-order valence-corrected chi connectivity index (χ0v) is 16.1. The summed E-state index contributed by atoms with van der Waals surface area (Å²) in [4.78, 5) is 12.3. The third-order valence-corrected chi connectivity index (χ3v) is 3.89. The third-order valence-electron chi connectivity index (χ3n) is 3.69. The molecule has 0 saturated carbocycles. The highest BCUT2D eigenvalue weighted by atomic mass is 32.1. The minimum atomic E-state index is -0.286. The molecule has 0 spiro atoms. The molecular formula is C20H24N2O3S. The fraction of sp³-hybridized carbons (Fsp3) is 0.300. The molecule has 2 N–H and O–H groups in total. The summed E-state index contributed by atoms with van der Waals surface area (Å²) < 4.78 is 11.2. The Balaban J connectivity index is 1.96. The first-order valence-corrected chi connectivity index (χ1v) is 9.05. The summed E-state index contributed by atoms with van der Waals surface area (Å²) >= 11 is 5.23. The Kier molecular flexibility index (Phi) is 7.41. The number of ether oxygens (including phenoxy) is 2. The zero-order chi connectivity index (χ0) is 18.9. The summed E-state index contributed by atoms with van der Waals surface area (Å²) in [6.45, 7) is 6.52. The standard InChI is InChI=1S/C20H24N2O3S/c1-4-14(3)25-16-12-10-15(11-13-16)19(23)22-20(26)21-17-8-6-7-9-18(17)24-5-2/h6-14H,4-5H2,1-3H3,(H2,21,22,23,26). The lowest BCUT2D eigenvalue weighted by Crippen LogP contribution is -2.34. The van der Waals surface area contributed by atoms with Gasteiger partial charge >= 0.3 is 0 Å². The van der Waals surface area contributed by atoms with Crippen LogP contribution in [0, 0.1) is 0 Å². The number of hydrogen-bond acceptors (Lipinski definition) is 4. The molecule has 0 aliphatic rings. The quantitative estimate of drug-likeness (QED) is 0.706. The molecule has 0 aromatic heterocycles. The van der Waals surface area contributed by atoms with Gasteiger partial charge < -0.3 is 14.8 Å². The van der Waals surface area contributed by atoms with Crippen LogP contribution in [0.3, 0.4) is 0 Å². The molecule has 6 heteroatoms. The summed E-state index contributed by atoms with van der Waals surface area (Å²) in [6.07, 6.45) is 1.06. The molecule has 1 amide bonds. The van der Waals surface area contributed by atoms with E-state index < -0.39 is 0 Å². The lowest BCUT2D eigenvalue weighted by molar-refractivity contribution is 0.0977. The molecular weight excluding hydrogens is 348 g/mol. The Morgan fingerprint density at radius 3 is 2.46 bits per heavy atom. The average molecular weight is 372 g/mol. The Morgan fingerprint density at radius 2 is 1.81 bits per heavy atom. The van der Waals surface area contributed by atoms with Gasteiger partial charge in [-0.05, 0) is 68.9 Å². The van der Waals surface area contributed by atoms with Gasteiger partial charge in [0.2, 0.25) is 0 Å². The molecule has 2 aromatic carbocycles. The lowest BCUT2D eigenvalue weighted by Gasteiger charge is -2.14. The summed E-state index contributed by atoms with van der Waals surface area (Å²) in [5, 5.41) is 5.87. The molecule has 138 valence electrons. The zero-order valence-electron chi connectivity index (χ0n) is 15.2. The number of carbonyl (C=O) groups is 1. The van der Waals surface area contributed by atoms with E-state index in [4.69, 9.17) is 21.7 Å². The maximum absolute atomic E-state index is 12.3. The summed E-state index contributed by atoms with van der Waals surface area (Å²) in [5.41, 5.74) is 1.21. The molecule has 0 bridgehead atoms. The molecule has 0 saturated heterocycles. The van der Waals surface area contributed by atoms with Gasteiger partial charge in [0.1, 0.15) is 11.5 Å². The smallest absolute Gasteiger partial charge is 0.257 e. The van der Waals surface area contributed by atoms with Gasteiger partial charge in [-0.15, -0.1) is 0 Å². The Labute approximate surface area is 159 Å². The van der Waals surface area contributed by atoms with Crippen molar-refractivity contribution in [1.82, 2.24) is 5.32 Å². The summed E-state index contributed by atoms with van der Waals surface area (Å²) in [5.74, 6) is 1.13. The minimum Gasteiger partial charge on any atom is -0.492 e. The van der Waals surface area contributed by atoms with E-state index >= 15 is 0 Å². The number of carbonyl (C=O) groups excluding carboxylic acids is 1. The highest BCUT2D eigenvalue weighted by Gasteiger charge is 2.10. The van der Waals surface area contributed by atoms with Crippen molar-refractivity contribution in [3.05, 3.63) is 54.1 Å². The van der Waals surface area contributed by atoms with Crippen LogP contribution in [0.4, 0.5) is 5.69 Å². The van der Waals surface area contributed by atoms with E-state index in [0.29, 0.717) is 23.6 Å². The van der Waals surface area contributed by atoms with Gasteiger partial charge in [-0.25, -0.2) is 0 Å². The van der Waals surface area contributed by atoms with E-state index in [1.54, 1.807) is 24.3 Å². The number of benzene rings is 2. The van der Waals surface area contributed by atoms with Gasteiger partial charge in [0.25, 0.3) is 5.91 Å². The van der Waals surface area contributed by atoms with Crippen LogP contribution >= 0.6 is 12.2 Å². The number of amides is 1.